The number of carboxylic acids is 1. The molecule has 1 saturated carbocycles. The maximum absolute atomic E-state index is 13.2. The number of nitrogen functional groups attached to an aromatic ring is 1. The molecule has 2 aliphatic heterocycles. The molecule has 1 aromatic heterocycles. The van der Waals surface area contributed by atoms with E-state index in [4.69, 9.17) is 10.6 Å². The third-order valence-electron chi connectivity index (χ3n) is 6.62. The van der Waals surface area contributed by atoms with Crippen molar-refractivity contribution < 1.29 is 24.3 Å². The summed E-state index contributed by atoms with van der Waals surface area (Å²) in [4.78, 5) is 50.5. The number of carbonyl (C=O) groups excluding carboxylic acids is 2. The minimum Gasteiger partial charge on any atom is -0.480 e. The summed E-state index contributed by atoms with van der Waals surface area (Å²) in [5.41, 5.74) is 6.34. The number of oxime groups is 1. The highest BCUT2D eigenvalue weighted by atomic mass is 32.2. The molecule has 2 aromatic rings. The minimum absolute atomic E-state index is 0.0516. The third-order valence-corrected chi connectivity index (χ3v) is 10.4. The van der Waals surface area contributed by atoms with Gasteiger partial charge in [0, 0.05) is 22.6 Å². The van der Waals surface area contributed by atoms with Gasteiger partial charge < -0.3 is 25.9 Å². The first-order valence-corrected chi connectivity index (χ1v) is 14.7. The number of nitriles is 1. The number of thiazole rings is 1. The standard InChI is InChI=1S/C24H24N6O5S3/c25-9-13-5-1-4-8-16(13)38-24(22(33)34)11-30-20(32)18(21(30)37-12-24)28-19(31)17(15-10-36-23(26)27-15)29-35-14-6-2-3-7-14/h1,4-5,8,10,14,18,21H,2-3,6-7,11-12H2,(H2,26,27)(H,28,31)(H,33,34)/t18-,21-,24?/m1/s1. The number of β-lactam (4-membered cyclic amide) rings is 1. The second-order valence-corrected chi connectivity index (χ2v) is 12.6. The fourth-order valence-corrected chi connectivity index (χ4v) is 8.04. The Morgan fingerprint density at radius 2 is 2.11 bits per heavy atom. The number of carboxylic acid groups (broad SMARTS) is 1. The van der Waals surface area contributed by atoms with Crippen LogP contribution in [-0.2, 0) is 19.2 Å². The van der Waals surface area contributed by atoms with Crippen LogP contribution in [0.15, 0.2) is 39.7 Å². The van der Waals surface area contributed by atoms with Gasteiger partial charge in [0.2, 0.25) is 5.91 Å². The van der Waals surface area contributed by atoms with Gasteiger partial charge in [-0.25, -0.2) is 4.98 Å². The summed E-state index contributed by atoms with van der Waals surface area (Å²) in [6, 6.07) is 8.02. The number of carbonyl (C=O) groups is 3. The molecule has 3 atom stereocenters. The van der Waals surface area contributed by atoms with Crippen LogP contribution in [0.5, 0.6) is 0 Å². The molecule has 3 aliphatic rings. The Morgan fingerprint density at radius 1 is 1.34 bits per heavy atom. The van der Waals surface area contributed by atoms with Crippen molar-refractivity contribution in [3.63, 3.8) is 0 Å². The Morgan fingerprint density at radius 3 is 2.79 bits per heavy atom. The SMILES string of the molecule is N#Cc1ccccc1SC1(C(=O)O)CS[C@@H]2[C@H](NC(=O)C(=NOC3CCCC3)c3csc(N)n3)C(=O)N2C1. The van der Waals surface area contributed by atoms with E-state index >= 15 is 0 Å². The predicted octanol–water partition coefficient (Wildman–Crippen LogP) is 2.28. The molecule has 2 saturated heterocycles. The topological polar surface area (TPSA) is 171 Å². The summed E-state index contributed by atoms with van der Waals surface area (Å²) >= 11 is 3.52. The first-order valence-electron chi connectivity index (χ1n) is 11.9. The number of rotatable bonds is 8. The van der Waals surface area contributed by atoms with Crippen molar-refractivity contribution in [2.24, 2.45) is 5.16 Å². The van der Waals surface area contributed by atoms with Crippen LogP contribution in [0.2, 0.25) is 0 Å². The molecule has 0 bridgehead atoms. The number of nitrogens with one attached hydrogen (secondary N) is 1. The Balaban J connectivity index is 1.29. The molecule has 38 heavy (non-hydrogen) atoms. The van der Waals surface area contributed by atoms with E-state index in [9.17, 15) is 24.8 Å². The van der Waals surface area contributed by atoms with Crippen molar-refractivity contribution in [3.05, 3.63) is 40.9 Å². The summed E-state index contributed by atoms with van der Waals surface area (Å²) < 4.78 is -1.33. The zero-order valence-electron chi connectivity index (χ0n) is 20.0. The number of fused-ring (bicyclic) bond motifs is 1. The van der Waals surface area contributed by atoms with Gasteiger partial charge in [0.25, 0.3) is 5.91 Å². The summed E-state index contributed by atoms with van der Waals surface area (Å²) in [5.74, 6) is -1.88. The van der Waals surface area contributed by atoms with Gasteiger partial charge in [-0.05, 0) is 37.8 Å². The molecule has 1 unspecified atom stereocenters. The van der Waals surface area contributed by atoms with Crippen LogP contribution in [0.4, 0.5) is 5.13 Å². The van der Waals surface area contributed by atoms with Gasteiger partial charge in [-0.15, -0.1) is 34.9 Å². The number of thioether (sulfide) groups is 2. The fourth-order valence-electron chi connectivity index (χ4n) is 4.58. The van der Waals surface area contributed by atoms with E-state index in [0.29, 0.717) is 10.5 Å². The van der Waals surface area contributed by atoms with E-state index in [1.165, 1.54) is 16.7 Å². The van der Waals surface area contributed by atoms with Crippen LogP contribution in [0.25, 0.3) is 0 Å². The fraction of sp³-hybridized carbons (Fsp3) is 0.417. The van der Waals surface area contributed by atoms with E-state index in [1.54, 1.807) is 29.6 Å². The first kappa shape index (κ1) is 26.3. The number of amides is 2. The Hall–Kier alpha value is -3.28. The molecule has 11 nitrogen and oxygen atoms in total. The molecular formula is C24H24N6O5S3. The number of nitrogens with zero attached hydrogens (tertiary/aromatic N) is 4. The van der Waals surface area contributed by atoms with Crippen molar-refractivity contribution in [2.75, 3.05) is 18.0 Å². The van der Waals surface area contributed by atoms with Crippen molar-refractivity contribution in [3.8, 4) is 6.07 Å². The quantitative estimate of drug-likeness (QED) is 0.242. The zero-order valence-corrected chi connectivity index (χ0v) is 22.5. The monoisotopic (exact) mass is 572 g/mol. The average molecular weight is 573 g/mol. The Kier molecular flexibility index (Phi) is 7.51. The summed E-state index contributed by atoms with van der Waals surface area (Å²) in [6.45, 7) is -0.0516. The van der Waals surface area contributed by atoms with Crippen LogP contribution in [0, 0.1) is 11.3 Å². The molecule has 4 N–H and O–H groups in total. The normalized spacial score (nSPS) is 25.3. The van der Waals surface area contributed by atoms with Crippen LogP contribution < -0.4 is 11.1 Å². The van der Waals surface area contributed by atoms with Crippen molar-refractivity contribution in [1.82, 2.24) is 15.2 Å². The number of aliphatic carboxylic acids is 1. The molecule has 14 heteroatoms. The van der Waals surface area contributed by atoms with E-state index in [1.807, 2.05) is 0 Å². The van der Waals surface area contributed by atoms with E-state index < -0.39 is 28.0 Å². The highest BCUT2D eigenvalue weighted by Gasteiger charge is 2.58. The molecule has 3 heterocycles. The molecule has 5 rings (SSSR count). The summed E-state index contributed by atoms with van der Waals surface area (Å²) in [7, 11) is 0. The minimum atomic E-state index is -1.33. The smallest absolute Gasteiger partial charge is 0.322 e. The molecular weight excluding hydrogens is 549 g/mol. The lowest BCUT2D eigenvalue weighted by Gasteiger charge is -2.53. The number of hydrogen-bond acceptors (Lipinski definition) is 11. The second-order valence-electron chi connectivity index (χ2n) is 9.15. The molecule has 2 amide bonds. The molecule has 3 fully saturated rings. The number of benzene rings is 1. The lowest BCUT2D eigenvalue weighted by molar-refractivity contribution is -0.151. The van der Waals surface area contributed by atoms with E-state index in [0.717, 1.165) is 48.8 Å². The number of anilines is 1. The van der Waals surface area contributed by atoms with Gasteiger partial charge in [-0.3, -0.25) is 14.4 Å². The van der Waals surface area contributed by atoms with Crippen LogP contribution >= 0.6 is 34.9 Å². The van der Waals surface area contributed by atoms with Crippen molar-refractivity contribution in [2.45, 2.75) is 52.8 Å². The Bertz CT molecular complexity index is 1340. The number of nitrogens with two attached hydrogens (primary N) is 1. The van der Waals surface area contributed by atoms with E-state index in [2.05, 4.69) is 21.5 Å². The third kappa shape index (κ3) is 5.05. The van der Waals surface area contributed by atoms with Gasteiger partial charge in [0.15, 0.2) is 10.8 Å². The average Bonchev–Trinajstić information content (AvgIpc) is 3.59. The second kappa shape index (κ2) is 10.8. The van der Waals surface area contributed by atoms with E-state index in [-0.39, 0.29) is 40.8 Å². The number of aromatic nitrogens is 1. The van der Waals surface area contributed by atoms with Gasteiger partial charge >= 0.3 is 5.97 Å². The molecule has 1 aliphatic carbocycles. The maximum Gasteiger partial charge on any atom is 0.322 e. The van der Waals surface area contributed by atoms with Crippen molar-refractivity contribution in [1.29, 1.82) is 5.26 Å². The van der Waals surface area contributed by atoms with Crippen LogP contribution in [-0.4, -0.2) is 73.1 Å². The van der Waals surface area contributed by atoms with Crippen molar-refractivity contribution >= 4 is 63.5 Å². The van der Waals surface area contributed by atoms with Crippen LogP contribution in [0.3, 0.4) is 0 Å². The zero-order chi connectivity index (χ0) is 26.9. The van der Waals surface area contributed by atoms with Gasteiger partial charge in [0.05, 0.1) is 5.56 Å². The highest BCUT2D eigenvalue weighted by Crippen LogP contribution is 2.47. The van der Waals surface area contributed by atoms with Gasteiger partial charge in [0.1, 0.15) is 34.0 Å². The lowest BCUT2D eigenvalue weighted by Crippen LogP contribution is -2.74. The molecule has 198 valence electrons. The maximum atomic E-state index is 13.2. The number of hydrogen-bond donors (Lipinski definition) is 3. The molecule has 1 aromatic carbocycles. The molecule has 0 radical (unpaired) electrons. The van der Waals surface area contributed by atoms with Gasteiger partial charge in [-0.2, -0.15) is 5.26 Å². The lowest BCUT2D eigenvalue weighted by atomic mass is 10.0. The predicted molar refractivity (Wildman–Crippen MR) is 144 cm³/mol. The van der Waals surface area contributed by atoms with Gasteiger partial charge in [-0.1, -0.05) is 17.3 Å². The largest absolute Gasteiger partial charge is 0.480 e. The van der Waals surface area contributed by atoms with Crippen LogP contribution in [0.1, 0.15) is 36.9 Å². The summed E-state index contributed by atoms with van der Waals surface area (Å²) in [5, 5.41) is 27.8. The first-order chi connectivity index (χ1) is 18.3. The summed E-state index contributed by atoms with van der Waals surface area (Å²) in [6.07, 6.45) is 3.71. The highest BCUT2D eigenvalue weighted by molar-refractivity contribution is 8.05. The molecule has 0 spiro atoms. The Labute approximate surface area is 230 Å².